The molecule has 2 amide bonds. The first-order valence-corrected chi connectivity index (χ1v) is 9.68. The number of hydrogen-bond donors (Lipinski definition) is 3. The van der Waals surface area contributed by atoms with Crippen molar-refractivity contribution in [2.24, 2.45) is 5.10 Å². The molecule has 2 aromatic carbocycles. The number of nitrogens with one attached hydrogen (secondary N) is 2. The Morgan fingerprint density at radius 1 is 1.28 bits per heavy atom. The highest BCUT2D eigenvalue weighted by Gasteiger charge is 2.17. The molecule has 3 N–H and O–H groups in total. The molecule has 0 aliphatic heterocycles. The van der Waals surface area contributed by atoms with Crippen molar-refractivity contribution in [1.82, 2.24) is 5.43 Å². The zero-order valence-electron chi connectivity index (χ0n) is 15.1. The fourth-order valence-electron chi connectivity index (χ4n) is 2.28. The number of phenolic OH excluding ortho intramolecular Hbond substituents is 1. The van der Waals surface area contributed by atoms with Gasteiger partial charge in [-0.15, -0.1) is 0 Å². The maximum atomic E-state index is 12.0. The van der Waals surface area contributed by atoms with E-state index in [0.717, 1.165) is 21.4 Å². The molecule has 0 spiro atoms. The lowest BCUT2D eigenvalue weighted by molar-refractivity contribution is -0.385. The number of hydrazone groups is 1. The summed E-state index contributed by atoms with van der Waals surface area (Å²) in [6.45, 7) is 1.87. The summed E-state index contributed by atoms with van der Waals surface area (Å²) in [5.74, 6) is -1.48. The molecule has 11 heteroatoms. The van der Waals surface area contributed by atoms with Gasteiger partial charge in [-0.25, -0.2) is 5.43 Å². The molecule has 0 heterocycles. The second-order valence-electron chi connectivity index (χ2n) is 5.92. The Balaban J connectivity index is 1.88. The quantitative estimate of drug-likeness (QED) is 0.217. The molecule has 0 radical (unpaired) electrons. The number of halogens is 2. The number of carbonyl (C=O) groups excluding carboxylic acids is 2. The Kier molecular flexibility index (Phi) is 7.91. The van der Waals surface area contributed by atoms with Gasteiger partial charge >= 0.3 is 5.69 Å². The van der Waals surface area contributed by atoms with Gasteiger partial charge in [0.25, 0.3) is 0 Å². The summed E-state index contributed by atoms with van der Waals surface area (Å²) in [5, 5.41) is 27.1. The third-order valence-electron chi connectivity index (χ3n) is 3.72. The van der Waals surface area contributed by atoms with E-state index in [1.54, 1.807) is 6.07 Å². The van der Waals surface area contributed by atoms with Crippen LogP contribution in [0, 0.1) is 20.6 Å². The minimum absolute atomic E-state index is 0.0311. The van der Waals surface area contributed by atoms with Crippen LogP contribution in [0.3, 0.4) is 0 Å². The Labute approximate surface area is 184 Å². The van der Waals surface area contributed by atoms with Gasteiger partial charge in [0.2, 0.25) is 17.6 Å². The maximum Gasteiger partial charge on any atom is 0.312 e. The fraction of sp³-hybridized carbons (Fsp3) is 0.167. The van der Waals surface area contributed by atoms with E-state index >= 15 is 0 Å². The van der Waals surface area contributed by atoms with E-state index in [2.05, 4.69) is 38.4 Å². The summed E-state index contributed by atoms with van der Waals surface area (Å²) >= 11 is 7.94. The van der Waals surface area contributed by atoms with Crippen molar-refractivity contribution in [2.75, 3.05) is 5.32 Å². The number of hydrogen-bond acceptors (Lipinski definition) is 6. The average molecular weight is 531 g/mol. The lowest BCUT2D eigenvalue weighted by atomic mass is 10.2. The summed E-state index contributed by atoms with van der Waals surface area (Å²) in [5.41, 5.74) is 3.17. The van der Waals surface area contributed by atoms with E-state index in [1.165, 1.54) is 6.07 Å². The van der Waals surface area contributed by atoms with E-state index in [-0.39, 0.29) is 29.3 Å². The van der Waals surface area contributed by atoms with Gasteiger partial charge in [-0.05, 0) is 59.3 Å². The standard InChI is InChI=1S/C18H16ClIN4O5/c1-10-6-13(20)2-3-14(10)22-16(25)4-5-17(26)23-21-9-11-7-12(19)8-15(18(11)27)24(28)29/h2-3,6-9,27H,4-5H2,1H3,(H,22,25)(H,23,26). The summed E-state index contributed by atoms with van der Waals surface area (Å²) in [7, 11) is 0. The number of rotatable bonds is 7. The topological polar surface area (TPSA) is 134 Å². The molecule has 0 saturated carbocycles. The molecule has 0 aliphatic rings. The molecule has 0 aromatic heterocycles. The van der Waals surface area contributed by atoms with E-state index in [4.69, 9.17) is 11.6 Å². The second-order valence-corrected chi connectivity index (χ2v) is 7.60. The first-order chi connectivity index (χ1) is 13.7. The predicted molar refractivity (Wildman–Crippen MR) is 117 cm³/mol. The molecule has 0 fully saturated rings. The lowest BCUT2D eigenvalue weighted by Gasteiger charge is -2.08. The molecule has 0 saturated heterocycles. The maximum absolute atomic E-state index is 12.0. The van der Waals surface area contributed by atoms with Crippen molar-refractivity contribution in [3.05, 3.63) is 60.2 Å². The molecule has 0 unspecified atom stereocenters. The smallest absolute Gasteiger partial charge is 0.312 e. The number of nitrogens with zero attached hydrogens (tertiary/aromatic N) is 2. The number of phenols is 1. The number of aromatic hydroxyl groups is 1. The van der Waals surface area contributed by atoms with Crippen LogP contribution in [0.1, 0.15) is 24.0 Å². The van der Waals surface area contributed by atoms with Crippen LogP contribution in [-0.4, -0.2) is 28.1 Å². The molecule has 0 atom stereocenters. The highest BCUT2D eigenvalue weighted by Crippen LogP contribution is 2.32. The van der Waals surface area contributed by atoms with Gasteiger partial charge in [-0.3, -0.25) is 19.7 Å². The van der Waals surface area contributed by atoms with Gasteiger partial charge in [0.1, 0.15) is 0 Å². The van der Waals surface area contributed by atoms with Crippen LogP contribution in [0.4, 0.5) is 11.4 Å². The normalized spacial score (nSPS) is 10.7. The molecule has 152 valence electrons. The van der Waals surface area contributed by atoms with Crippen molar-refractivity contribution in [3.63, 3.8) is 0 Å². The van der Waals surface area contributed by atoms with E-state index in [0.29, 0.717) is 5.69 Å². The number of anilines is 1. The number of nitro benzene ring substituents is 1. The van der Waals surface area contributed by atoms with Crippen molar-refractivity contribution >= 4 is 63.6 Å². The second kappa shape index (κ2) is 10.2. The molecule has 2 aromatic rings. The largest absolute Gasteiger partial charge is 0.502 e. The van der Waals surface area contributed by atoms with E-state index in [1.807, 2.05) is 19.1 Å². The van der Waals surface area contributed by atoms with Crippen LogP contribution < -0.4 is 10.7 Å². The number of amides is 2. The van der Waals surface area contributed by atoms with Crippen molar-refractivity contribution < 1.29 is 19.6 Å². The van der Waals surface area contributed by atoms with Crippen LogP contribution in [0.25, 0.3) is 0 Å². The first-order valence-electron chi connectivity index (χ1n) is 8.22. The van der Waals surface area contributed by atoms with E-state index < -0.39 is 22.3 Å². The van der Waals surface area contributed by atoms with Gasteiger partial charge in [0.05, 0.1) is 11.1 Å². The molecular formula is C18H16ClIN4O5. The first kappa shape index (κ1) is 22.6. The Morgan fingerprint density at radius 2 is 1.97 bits per heavy atom. The van der Waals surface area contributed by atoms with Gasteiger partial charge in [-0.1, -0.05) is 11.6 Å². The third-order valence-corrected chi connectivity index (χ3v) is 4.60. The highest BCUT2D eigenvalue weighted by atomic mass is 127. The SMILES string of the molecule is Cc1cc(I)ccc1NC(=O)CCC(=O)NN=Cc1cc(Cl)cc([N+](=O)[O-])c1O. The monoisotopic (exact) mass is 530 g/mol. The minimum atomic E-state index is -0.787. The number of benzene rings is 2. The summed E-state index contributed by atoms with van der Waals surface area (Å²) < 4.78 is 1.05. The molecule has 29 heavy (non-hydrogen) atoms. The molecule has 0 aliphatic carbocycles. The zero-order chi connectivity index (χ0) is 21.6. The summed E-state index contributed by atoms with van der Waals surface area (Å²) in [4.78, 5) is 33.9. The van der Waals surface area contributed by atoms with Crippen LogP contribution >= 0.6 is 34.2 Å². The van der Waals surface area contributed by atoms with Crippen molar-refractivity contribution in [3.8, 4) is 5.75 Å². The fourth-order valence-corrected chi connectivity index (χ4v) is 3.15. The Morgan fingerprint density at radius 3 is 2.62 bits per heavy atom. The van der Waals surface area contributed by atoms with Crippen LogP contribution in [-0.2, 0) is 9.59 Å². The molecular weight excluding hydrogens is 515 g/mol. The number of nitro groups is 1. The summed E-state index contributed by atoms with van der Waals surface area (Å²) in [6, 6.07) is 7.83. The molecule has 2 rings (SSSR count). The minimum Gasteiger partial charge on any atom is -0.502 e. The van der Waals surface area contributed by atoms with Crippen LogP contribution in [0.5, 0.6) is 5.75 Å². The van der Waals surface area contributed by atoms with Gasteiger partial charge in [0, 0.05) is 38.8 Å². The van der Waals surface area contributed by atoms with Crippen LogP contribution in [0.2, 0.25) is 5.02 Å². The lowest BCUT2D eigenvalue weighted by Crippen LogP contribution is -2.20. The Hall–Kier alpha value is -2.73. The highest BCUT2D eigenvalue weighted by molar-refractivity contribution is 14.1. The zero-order valence-corrected chi connectivity index (χ0v) is 18.0. The van der Waals surface area contributed by atoms with Crippen molar-refractivity contribution in [1.29, 1.82) is 0 Å². The number of carbonyl (C=O) groups is 2. The Bertz CT molecular complexity index is 996. The summed E-state index contributed by atoms with van der Waals surface area (Å²) in [6.07, 6.45) is 0.857. The van der Waals surface area contributed by atoms with E-state index in [9.17, 15) is 24.8 Å². The average Bonchev–Trinajstić information content (AvgIpc) is 2.64. The van der Waals surface area contributed by atoms with Gasteiger partial charge in [0.15, 0.2) is 0 Å². The van der Waals surface area contributed by atoms with Crippen molar-refractivity contribution in [2.45, 2.75) is 19.8 Å². The third kappa shape index (κ3) is 6.68. The molecule has 0 bridgehead atoms. The number of aryl methyl sites for hydroxylation is 1. The van der Waals surface area contributed by atoms with Gasteiger partial charge in [-0.2, -0.15) is 5.10 Å². The van der Waals surface area contributed by atoms with Crippen LogP contribution in [0.15, 0.2) is 35.4 Å². The molecule has 9 nitrogen and oxygen atoms in total. The van der Waals surface area contributed by atoms with Gasteiger partial charge < -0.3 is 10.4 Å². The predicted octanol–water partition coefficient (Wildman–Crippen LogP) is 3.74.